The predicted molar refractivity (Wildman–Crippen MR) is 70.3 cm³/mol. The molecular formula is C13H15FN4O. The quantitative estimate of drug-likeness (QED) is 0.717. The Hall–Kier alpha value is -2.11. The van der Waals surface area contributed by atoms with Crippen LogP contribution in [0.2, 0.25) is 0 Å². The third kappa shape index (κ3) is 2.83. The number of amides is 1. The first-order valence-corrected chi connectivity index (χ1v) is 6.39. The van der Waals surface area contributed by atoms with E-state index in [1.165, 1.54) is 12.1 Å². The van der Waals surface area contributed by atoms with Crippen molar-refractivity contribution in [2.45, 2.75) is 12.8 Å². The van der Waals surface area contributed by atoms with E-state index in [1.54, 1.807) is 6.07 Å². The van der Waals surface area contributed by atoms with E-state index in [2.05, 4.69) is 20.6 Å². The minimum Gasteiger partial charge on any atom is -0.354 e. The number of hydrogen-bond donors (Lipinski definition) is 3. The van der Waals surface area contributed by atoms with Crippen LogP contribution in [-0.2, 0) is 4.79 Å². The summed E-state index contributed by atoms with van der Waals surface area (Å²) < 4.78 is 13.0. The summed E-state index contributed by atoms with van der Waals surface area (Å²) in [6.45, 7) is 1.14. The number of carbonyl (C=O) groups is 1. The predicted octanol–water partition coefficient (Wildman–Crippen LogP) is 1.64. The molecule has 5 nitrogen and oxygen atoms in total. The highest BCUT2D eigenvalue weighted by molar-refractivity contribution is 5.80. The molecule has 1 aliphatic rings. The van der Waals surface area contributed by atoms with Crippen molar-refractivity contribution in [2.24, 2.45) is 5.92 Å². The number of H-pyrrole nitrogens is 1. The molecule has 0 atom stereocenters. The van der Waals surface area contributed by atoms with Crippen molar-refractivity contribution in [2.75, 3.05) is 18.4 Å². The van der Waals surface area contributed by atoms with Crippen molar-refractivity contribution in [1.82, 2.24) is 15.3 Å². The van der Waals surface area contributed by atoms with Crippen molar-refractivity contribution in [3.05, 3.63) is 24.0 Å². The number of halogens is 1. The van der Waals surface area contributed by atoms with Gasteiger partial charge in [0.15, 0.2) is 0 Å². The summed E-state index contributed by atoms with van der Waals surface area (Å²) >= 11 is 0. The van der Waals surface area contributed by atoms with Gasteiger partial charge in [-0.05, 0) is 31.0 Å². The van der Waals surface area contributed by atoms with E-state index in [0.29, 0.717) is 30.1 Å². The van der Waals surface area contributed by atoms with E-state index >= 15 is 0 Å². The third-order valence-electron chi connectivity index (χ3n) is 3.11. The van der Waals surface area contributed by atoms with Crippen LogP contribution in [-0.4, -0.2) is 29.0 Å². The SMILES string of the molecule is O=C(NCCNc1nc2ccc(F)cc2[nH]1)C1CC1. The lowest BCUT2D eigenvalue weighted by Crippen LogP contribution is -2.29. The normalized spacial score (nSPS) is 14.6. The number of nitrogens with zero attached hydrogens (tertiary/aromatic N) is 1. The second-order valence-corrected chi connectivity index (χ2v) is 4.74. The minimum absolute atomic E-state index is 0.133. The number of carbonyl (C=O) groups excluding carboxylic acids is 1. The number of hydrogen-bond acceptors (Lipinski definition) is 3. The van der Waals surface area contributed by atoms with Crippen LogP contribution in [0.5, 0.6) is 0 Å². The smallest absolute Gasteiger partial charge is 0.223 e. The Morgan fingerprint density at radius 2 is 2.26 bits per heavy atom. The van der Waals surface area contributed by atoms with E-state index in [4.69, 9.17) is 0 Å². The molecule has 100 valence electrons. The fourth-order valence-electron chi connectivity index (χ4n) is 1.92. The molecule has 0 spiro atoms. The number of benzene rings is 1. The Morgan fingerprint density at radius 3 is 3.05 bits per heavy atom. The lowest BCUT2D eigenvalue weighted by Gasteiger charge is -2.04. The lowest BCUT2D eigenvalue weighted by atomic mass is 10.3. The number of rotatable bonds is 5. The Kier molecular flexibility index (Phi) is 3.06. The van der Waals surface area contributed by atoms with Crippen LogP contribution in [0.25, 0.3) is 11.0 Å². The average Bonchev–Trinajstić information content (AvgIpc) is 3.16. The van der Waals surface area contributed by atoms with Crippen molar-refractivity contribution in [3.8, 4) is 0 Å². The van der Waals surface area contributed by atoms with E-state index in [-0.39, 0.29) is 17.6 Å². The van der Waals surface area contributed by atoms with E-state index < -0.39 is 0 Å². The van der Waals surface area contributed by atoms with Crippen LogP contribution in [0.15, 0.2) is 18.2 Å². The molecule has 1 aromatic carbocycles. The molecule has 2 aromatic rings. The number of nitrogens with one attached hydrogen (secondary N) is 3. The molecule has 0 aliphatic heterocycles. The molecule has 6 heteroatoms. The second-order valence-electron chi connectivity index (χ2n) is 4.74. The highest BCUT2D eigenvalue weighted by atomic mass is 19.1. The number of fused-ring (bicyclic) bond motifs is 1. The molecule has 0 saturated heterocycles. The molecule has 1 aliphatic carbocycles. The summed E-state index contributed by atoms with van der Waals surface area (Å²) in [6.07, 6.45) is 2.02. The highest BCUT2D eigenvalue weighted by Crippen LogP contribution is 2.28. The van der Waals surface area contributed by atoms with Gasteiger partial charge in [0.1, 0.15) is 5.82 Å². The summed E-state index contributed by atoms with van der Waals surface area (Å²) in [6, 6.07) is 4.41. The van der Waals surface area contributed by atoms with E-state index in [0.717, 1.165) is 12.8 Å². The largest absolute Gasteiger partial charge is 0.354 e. The summed E-state index contributed by atoms with van der Waals surface area (Å²) in [5.74, 6) is 0.656. The molecule has 1 amide bonds. The molecule has 1 saturated carbocycles. The van der Waals surface area contributed by atoms with Gasteiger partial charge in [-0.1, -0.05) is 0 Å². The van der Waals surface area contributed by atoms with E-state index in [1.807, 2.05) is 0 Å². The van der Waals surface area contributed by atoms with Gasteiger partial charge in [0, 0.05) is 19.0 Å². The lowest BCUT2D eigenvalue weighted by molar-refractivity contribution is -0.122. The molecule has 0 radical (unpaired) electrons. The van der Waals surface area contributed by atoms with Gasteiger partial charge in [-0.3, -0.25) is 4.79 Å². The first-order chi connectivity index (χ1) is 9.22. The monoisotopic (exact) mass is 262 g/mol. The Balaban J connectivity index is 1.52. The van der Waals surface area contributed by atoms with Crippen LogP contribution in [0.4, 0.5) is 10.3 Å². The molecule has 1 heterocycles. The van der Waals surface area contributed by atoms with Gasteiger partial charge >= 0.3 is 0 Å². The summed E-state index contributed by atoms with van der Waals surface area (Å²) in [5, 5.41) is 5.92. The van der Waals surface area contributed by atoms with E-state index in [9.17, 15) is 9.18 Å². The van der Waals surface area contributed by atoms with Gasteiger partial charge in [0.25, 0.3) is 0 Å². The van der Waals surface area contributed by atoms with Gasteiger partial charge in [-0.2, -0.15) is 0 Å². The standard InChI is InChI=1S/C13H15FN4O/c14-9-3-4-10-11(7-9)18-13(17-10)16-6-5-15-12(19)8-1-2-8/h3-4,7-8H,1-2,5-6H2,(H,15,19)(H2,16,17,18). The Labute approximate surface area is 109 Å². The van der Waals surface area contributed by atoms with Crippen LogP contribution in [0.1, 0.15) is 12.8 Å². The maximum absolute atomic E-state index is 13.0. The summed E-state index contributed by atoms with van der Waals surface area (Å²) in [5.41, 5.74) is 1.37. The van der Waals surface area contributed by atoms with Crippen molar-refractivity contribution in [1.29, 1.82) is 0 Å². The number of aromatic amines is 1. The minimum atomic E-state index is -0.292. The van der Waals surface area contributed by atoms with Gasteiger partial charge < -0.3 is 15.6 Å². The van der Waals surface area contributed by atoms with Gasteiger partial charge in [-0.25, -0.2) is 9.37 Å². The van der Waals surface area contributed by atoms with Crippen LogP contribution >= 0.6 is 0 Å². The van der Waals surface area contributed by atoms with Crippen molar-refractivity contribution in [3.63, 3.8) is 0 Å². The molecule has 3 rings (SSSR count). The van der Waals surface area contributed by atoms with Crippen LogP contribution < -0.4 is 10.6 Å². The van der Waals surface area contributed by atoms with Gasteiger partial charge in [-0.15, -0.1) is 0 Å². The van der Waals surface area contributed by atoms with Crippen LogP contribution in [0.3, 0.4) is 0 Å². The highest BCUT2D eigenvalue weighted by Gasteiger charge is 2.28. The average molecular weight is 262 g/mol. The Morgan fingerprint density at radius 1 is 1.42 bits per heavy atom. The summed E-state index contributed by atoms with van der Waals surface area (Å²) in [7, 11) is 0. The maximum atomic E-state index is 13.0. The molecule has 3 N–H and O–H groups in total. The Bertz CT molecular complexity index is 606. The molecular weight excluding hydrogens is 247 g/mol. The zero-order valence-electron chi connectivity index (χ0n) is 10.4. The molecule has 19 heavy (non-hydrogen) atoms. The molecule has 0 bridgehead atoms. The van der Waals surface area contributed by atoms with Crippen molar-refractivity contribution < 1.29 is 9.18 Å². The maximum Gasteiger partial charge on any atom is 0.223 e. The second kappa shape index (κ2) is 4.87. The molecule has 1 fully saturated rings. The third-order valence-corrected chi connectivity index (χ3v) is 3.11. The summed E-state index contributed by atoms with van der Waals surface area (Å²) in [4.78, 5) is 18.6. The first kappa shape index (κ1) is 12.0. The molecule has 1 aromatic heterocycles. The molecule has 0 unspecified atom stereocenters. The zero-order chi connectivity index (χ0) is 13.2. The number of imidazole rings is 1. The topological polar surface area (TPSA) is 69.8 Å². The fraction of sp³-hybridized carbons (Fsp3) is 0.385. The zero-order valence-corrected chi connectivity index (χ0v) is 10.4. The first-order valence-electron chi connectivity index (χ1n) is 6.39. The van der Waals surface area contributed by atoms with Crippen LogP contribution in [0, 0.1) is 11.7 Å². The van der Waals surface area contributed by atoms with Gasteiger partial charge in [0.05, 0.1) is 11.0 Å². The fourth-order valence-corrected chi connectivity index (χ4v) is 1.92. The van der Waals surface area contributed by atoms with Gasteiger partial charge in [0.2, 0.25) is 11.9 Å². The number of anilines is 1. The van der Waals surface area contributed by atoms with Crippen molar-refractivity contribution >= 4 is 22.9 Å². The number of aromatic nitrogens is 2.